The predicted molar refractivity (Wildman–Crippen MR) is 57.0 cm³/mol. The third-order valence-corrected chi connectivity index (χ3v) is 3.43. The molecule has 0 aliphatic heterocycles. The van der Waals surface area contributed by atoms with Gasteiger partial charge in [0.05, 0.1) is 11.3 Å². The summed E-state index contributed by atoms with van der Waals surface area (Å²) in [5, 5.41) is 9.30. The zero-order valence-corrected chi connectivity index (χ0v) is 9.50. The fourth-order valence-corrected chi connectivity index (χ4v) is 2.55. The molecule has 2 rings (SSSR count). The summed E-state index contributed by atoms with van der Waals surface area (Å²) in [6.45, 7) is 0. The molecule has 0 bridgehead atoms. The van der Waals surface area contributed by atoms with Crippen molar-refractivity contribution in [2.75, 3.05) is 0 Å². The Morgan fingerprint density at radius 1 is 1.33 bits per heavy atom. The van der Waals surface area contributed by atoms with Crippen LogP contribution < -0.4 is 0 Å². The van der Waals surface area contributed by atoms with Crippen molar-refractivity contribution >= 4 is 5.97 Å². The first-order valence-corrected chi connectivity index (χ1v) is 5.64. The number of alkyl halides is 3. The molecule has 3 nitrogen and oxygen atoms in total. The second-order valence-electron chi connectivity index (χ2n) is 4.49. The number of rotatable bonds is 2. The molecular formula is C12H12F3NO2. The molecule has 0 radical (unpaired) electrons. The van der Waals surface area contributed by atoms with Crippen LogP contribution in [0.25, 0.3) is 0 Å². The Balaban J connectivity index is 2.59. The van der Waals surface area contributed by atoms with Gasteiger partial charge in [-0.05, 0) is 25.0 Å². The minimum absolute atomic E-state index is 0.211. The molecule has 0 spiro atoms. The molecule has 0 unspecified atom stereocenters. The van der Waals surface area contributed by atoms with Crippen molar-refractivity contribution < 1.29 is 23.1 Å². The fraction of sp³-hybridized carbons (Fsp3) is 0.500. The first kappa shape index (κ1) is 12.9. The SMILES string of the molecule is O=C(O)C1(c2ncccc2C(F)(F)F)CCCC1. The lowest BCUT2D eigenvalue weighted by molar-refractivity contribution is -0.146. The van der Waals surface area contributed by atoms with Gasteiger partial charge in [0.2, 0.25) is 0 Å². The highest BCUT2D eigenvalue weighted by atomic mass is 19.4. The van der Waals surface area contributed by atoms with Crippen molar-refractivity contribution in [1.82, 2.24) is 4.98 Å². The fourth-order valence-electron chi connectivity index (χ4n) is 2.55. The van der Waals surface area contributed by atoms with Crippen molar-refractivity contribution in [3.63, 3.8) is 0 Å². The number of hydrogen-bond acceptors (Lipinski definition) is 2. The number of aromatic nitrogens is 1. The number of hydrogen-bond donors (Lipinski definition) is 1. The zero-order chi connectivity index (χ0) is 13.4. The summed E-state index contributed by atoms with van der Waals surface area (Å²) in [5.74, 6) is -1.22. The Morgan fingerprint density at radius 3 is 2.44 bits per heavy atom. The number of carboxylic acid groups (broad SMARTS) is 1. The standard InChI is InChI=1S/C12H12F3NO2/c13-12(14,15)8-4-3-7-16-9(8)11(10(17)18)5-1-2-6-11/h3-4,7H,1-2,5-6H2,(H,17,18). The van der Waals surface area contributed by atoms with E-state index < -0.39 is 23.1 Å². The van der Waals surface area contributed by atoms with Crippen LogP contribution >= 0.6 is 0 Å². The molecule has 1 aliphatic rings. The number of halogens is 3. The van der Waals surface area contributed by atoms with Crippen LogP contribution in [0.3, 0.4) is 0 Å². The molecule has 1 heterocycles. The zero-order valence-electron chi connectivity index (χ0n) is 9.50. The first-order valence-electron chi connectivity index (χ1n) is 5.64. The van der Waals surface area contributed by atoms with Gasteiger partial charge in [-0.3, -0.25) is 9.78 Å². The van der Waals surface area contributed by atoms with Gasteiger partial charge in [0.15, 0.2) is 0 Å². The van der Waals surface area contributed by atoms with Crippen LogP contribution in [0, 0.1) is 0 Å². The number of carboxylic acids is 1. The lowest BCUT2D eigenvalue weighted by Gasteiger charge is -2.26. The lowest BCUT2D eigenvalue weighted by atomic mass is 9.80. The van der Waals surface area contributed by atoms with Crippen LogP contribution in [0.5, 0.6) is 0 Å². The van der Waals surface area contributed by atoms with Crippen LogP contribution in [0.4, 0.5) is 13.2 Å². The van der Waals surface area contributed by atoms with Crippen LogP contribution in [-0.4, -0.2) is 16.1 Å². The predicted octanol–water partition coefficient (Wildman–Crippen LogP) is 3.00. The largest absolute Gasteiger partial charge is 0.481 e. The van der Waals surface area contributed by atoms with E-state index in [2.05, 4.69) is 4.98 Å². The Kier molecular flexibility index (Phi) is 3.04. The molecular weight excluding hydrogens is 247 g/mol. The maximum atomic E-state index is 12.9. The summed E-state index contributed by atoms with van der Waals surface area (Å²) in [6, 6.07) is 2.07. The van der Waals surface area contributed by atoms with E-state index in [0.29, 0.717) is 12.8 Å². The number of carbonyl (C=O) groups is 1. The normalized spacial score (nSPS) is 18.8. The second kappa shape index (κ2) is 4.26. The molecule has 0 amide bonds. The number of aliphatic carboxylic acids is 1. The summed E-state index contributed by atoms with van der Waals surface area (Å²) in [6.07, 6.45) is -1.71. The molecule has 1 aromatic rings. The van der Waals surface area contributed by atoms with Gasteiger partial charge in [0, 0.05) is 6.20 Å². The Hall–Kier alpha value is -1.59. The highest BCUT2D eigenvalue weighted by Gasteiger charge is 2.49. The Morgan fingerprint density at radius 2 is 1.94 bits per heavy atom. The van der Waals surface area contributed by atoms with Crippen molar-refractivity contribution in [2.45, 2.75) is 37.3 Å². The summed E-state index contributed by atoms with van der Waals surface area (Å²) in [4.78, 5) is 15.1. The molecule has 98 valence electrons. The van der Waals surface area contributed by atoms with Gasteiger partial charge in [-0.25, -0.2) is 0 Å². The Labute approximate surface area is 102 Å². The van der Waals surface area contributed by atoms with Crippen LogP contribution in [0.15, 0.2) is 18.3 Å². The molecule has 1 aromatic heterocycles. The molecule has 1 aliphatic carbocycles. The van der Waals surface area contributed by atoms with Crippen molar-refractivity contribution in [3.8, 4) is 0 Å². The van der Waals surface area contributed by atoms with E-state index >= 15 is 0 Å². The van der Waals surface area contributed by atoms with Gasteiger partial charge in [0.1, 0.15) is 5.41 Å². The third kappa shape index (κ3) is 1.95. The highest BCUT2D eigenvalue weighted by molar-refractivity contribution is 5.81. The smallest absolute Gasteiger partial charge is 0.418 e. The van der Waals surface area contributed by atoms with Crippen molar-refractivity contribution in [1.29, 1.82) is 0 Å². The van der Waals surface area contributed by atoms with E-state index in [1.54, 1.807) is 0 Å². The molecule has 1 N–H and O–H groups in total. The molecule has 0 saturated heterocycles. The van der Waals surface area contributed by atoms with E-state index in [0.717, 1.165) is 6.07 Å². The van der Waals surface area contributed by atoms with Gasteiger partial charge >= 0.3 is 12.1 Å². The minimum Gasteiger partial charge on any atom is -0.481 e. The van der Waals surface area contributed by atoms with Crippen LogP contribution in [-0.2, 0) is 16.4 Å². The molecule has 6 heteroatoms. The van der Waals surface area contributed by atoms with Crippen molar-refractivity contribution in [3.05, 3.63) is 29.6 Å². The molecule has 0 atom stereocenters. The van der Waals surface area contributed by atoms with Gasteiger partial charge in [0.25, 0.3) is 0 Å². The van der Waals surface area contributed by atoms with Crippen LogP contribution in [0.1, 0.15) is 36.9 Å². The van der Waals surface area contributed by atoms with E-state index in [4.69, 9.17) is 0 Å². The van der Waals surface area contributed by atoms with Gasteiger partial charge in [-0.15, -0.1) is 0 Å². The maximum Gasteiger partial charge on any atom is 0.418 e. The minimum atomic E-state index is -4.57. The van der Waals surface area contributed by atoms with E-state index in [1.807, 2.05) is 0 Å². The average Bonchev–Trinajstić information content (AvgIpc) is 2.78. The lowest BCUT2D eigenvalue weighted by Crippen LogP contribution is -2.36. The third-order valence-electron chi connectivity index (χ3n) is 3.43. The molecule has 1 saturated carbocycles. The topological polar surface area (TPSA) is 50.2 Å². The van der Waals surface area contributed by atoms with Gasteiger partial charge in [-0.1, -0.05) is 12.8 Å². The van der Waals surface area contributed by atoms with E-state index in [1.165, 1.54) is 12.3 Å². The van der Waals surface area contributed by atoms with Crippen LogP contribution in [0.2, 0.25) is 0 Å². The first-order chi connectivity index (χ1) is 8.38. The summed E-state index contributed by atoms with van der Waals surface area (Å²) in [5.41, 5.74) is -2.76. The van der Waals surface area contributed by atoms with E-state index in [9.17, 15) is 23.1 Å². The molecule has 0 aromatic carbocycles. The quantitative estimate of drug-likeness (QED) is 0.888. The number of pyridine rings is 1. The molecule has 18 heavy (non-hydrogen) atoms. The Bertz CT molecular complexity index is 465. The maximum absolute atomic E-state index is 12.9. The van der Waals surface area contributed by atoms with E-state index in [-0.39, 0.29) is 18.5 Å². The summed E-state index contributed by atoms with van der Waals surface area (Å²) < 4.78 is 38.7. The van der Waals surface area contributed by atoms with Gasteiger partial charge < -0.3 is 5.11 Å². The summed E-state index contributed by atoms with van der Waals surface area (Å²) >= 11 is 0. The summed E-state index contributed by atoms with van der Waals surface area (Å²) in [7, 11) is 0. The van der Waals surface area contributed by atoms with Crippen molar-refractivity contribution in [2.24, 2.45) is 0 Å². The highest BCUT2D eigenvalue weighted by Crippen LogP contribution is 2.45. The second-order valence-corrected chi connectivity index (χ2v) is 4.49. The average molecular weight is 259 g/mol. The van der Waals surface area contributed by atoms with Gasteiger partial charge in [-0.2, -0.15) is 13.2 Å². The monoisotopic (exact) mass is 259 g/mol. The molecule has 1 fully saturated rings. The number of nitrogens with zero attached hydrogens (tertiary/aromatic N) is 1.